The minimum absolute atomic E-state index is 0. The van der Waals surface area contributed by atoms with Gasteiger partial charge in [0.2, 0.25) is 0 Å². The van der Waals surface area contributed by atoms with E-state index in [-0.39, 0.29) is 29.6 Å². The van der Waals surface area contributed by atoms with Crippen molar-refractivity contribution in [2.75, 3.05) is 6.54 Å². The van der Waals surface area contributed by atoms with Gasteiger partial charge in [0.05, 0.1) is 6.04 Å². The van der Waals surface area contributed by atoms with Crippen LogP contribution in [0.25, 0.3) is 0 Å². The summed E-state index contributed by atoms with van der Waals surface area (Å²) in [5.41, 5.74) is 2.80. The molecule has 1 unspecified atom stereocenters. The fourth-order valence-corrected chi connectivity index (χ4v) is 2.52. The molecule has 1 aliphatic rings. The molecule has 0 N–H and O–H groups in total. The maximum absolute atomic E-state index is 5.06. The van der Waals surface area contributed by atoms with E-state index in [9.17, 15) is 0 Å². The van der Waals surface area contributed by atoms with Crippen LogP contribution in [-0.2, 0) is 19.0 Å². The maximum Gasteiger partial charge on any atom is 1.00 e. The minimum atomic E-state index is 0. The summed E-state index contributed by atoms with van der Waals surface area (Å²) < 4.78 is 0.590. The Labute approximate surface area is 124 Å². The first-order chi connectivity index (χ1) is 6.70. The second-order valence-electron chi connectivity index (χ2n) is 3.58. The van der Waals surface area contributed by atoms with Crippen molar-refractivity contribution in [1.82, 2.24) is 4.90 Å². The molecule has 0 radical (unpaired) electrons. The van der Waals surface area contributed by atoms with Crippen molar-refractivity contribution in [3.8, 4) is 0 Å². The molecular weight excluding hydrogens is 233 g/mol. The van der Waals surface area contributed by atoms with Crippen molar-refractivity contribution in [3.63, 3.8) is 0 Å². The molecule has 0 bridgehead atoms. The molecule has 1 aromatic rings. The van der Waals surface area contributed by atoms with E-state index in [1.54, 1.807) is 0 Å². The van der Waals surface area contributed by atoms with E-state index in [0.29, 0.717) is 10.4 Å². The van der Waals surface area contributed by atoms with E-state index in [2.05, 4.69) is 36.1 Å². The molecule has 1 aromatic carbocycles. The molecule has 0 aliphatic carbocycles. The Hall–Kier alpha value is 0.330. The van der Waals surface area contributed by atoms with Gasteiger partial charge >= 0.3 is 29.6 Å². The van der Waals surface area contributed by atoms with Crippen molar-refractivity contribution < 1.29 is 29.6 Å². The summed E-state index contributed by atoms with van der Waals surface area (Å²) >= 11 is 10.1. The molecular formula is C11H12NNaS2. The molecule has 2 rings (SSSR count). The molecule has 1 nitrogen and oxygen atoms in total. The van der Waals surface area contributed by atoms with E-state index >= 15 is 0 Å². The number of rotatable bonds is 0. The molecule has 74 valence electrons. The van der Waals surface area contributed by atoms with Gasteiger partial charge in [0.15, 0.2) is 0 Å². The molecule has 15 heavy (non-hydrogen) atoms. The molecule has 0 spiro atoms. The summed E-state index contributed by atoms with van der Waals surface area (Å²) in [6.07, 6.45) is 1.05. The monoisotopic (exact) mass is 245 g/mol. The summed E-state index contributed by atoms with van der Waals surface area (Å²) in [5.74, 6) is 0. The van der Waals surface area contributed by atoms with Crippen molar-refractivity contribution >= 4 is 29.2 Å². The molecule has 0 saturated carbocycles. The summed E-state index contributed by atoms with van der Waals surface area (Å²) in [7, 11) is 0. The van der Waals surface area contributed by atoms with Crippen LogP contribution in [0, 0.1) is 0 Å². The fourth-order valence-electron chi connectivity index (χ4n) is 2.02. The molecule has 0 aromatic heterocycles. The van der Waals surface area contributed by atoms with Gasteiger partial charge in [0, 0.05) is 6.54 Å². The standard InChI is InChI=1S/C11H13NS2.Na/c1-8-10-5-3-2-4-9(10)6-7-12(8)11(13)14;/h2-5,8H,6-7H2,1H3,(H,13,14);/q;+1/p-1. The van der Waals surface area contributed by atoms with Crippen LogP contribution in [0.4, 0.5) is 0 Å². The van der Waals surface area contributed by atoms with Gasteiger partial charge < -0.3 is 29.7 Å². The Morgan fingerprint density at radius 3 is 2.80 bits per heavy atom. The van der Waals surface area contributed by atoms with Crippen LogP contribution in [0.15, 0.2) is 24.3 Å². The third-order valence-corrected chi connectivity index (χ3v) is 3.30. The zero-order valence-corrected chi connectivity index (χ0v) is 12.7. The van der Waals surface area contributed by atoms with Crippen LogP contribution in [0.3, 0.4) is 0 Å². The van der Waals surface area contributed by atoms with Crippen LogP contribution in [0.5, 0.6) is 0 Å². The Kier molecular flexibility index (Phi) is 5.00. The number of fused-ring (bicyclic) bond motifs is 1. The predicted octanol–water partition coefficient (Wildman–Crippen LogP) is -0.558. The minimum Gasteiger partial charge on any atom is -0.411 e. The quantitative estimate of drug-likeness (QED) is 0.343. The summed E-state index contributed by atoms with van der Waals surface area (Å²) in [6, 6.07) is 8.86. The van der Waals surface area contributed by atoms with Crippen LogP contribution in [0.1, 0.15) is 24.1 Å². The molecule has 1 heterocycles. The average Bonchev–Trinajstić information content (AvgIpc) is 2.18. The number of hydrogen-bond acceptors (Lipinski definition) is 2. The van der Waals surface area contributed by atoms with Gasteiger partial charge in [-0.15, -0.1) is 0 Å². The van der Waals surface area contributed by atoms with E-state index in [1.807, 2.05) is 0 Å². The predicted molar refractivity (Wildman–Crippen MR) is 65.2 cm³/mol. The van der Waals surface area contributed by atoms with Gasteiger partial charge in [-0.1, -0.05) is 28.6 Å². The van der Waals surface area contributed by atoms with E-state index in [4.69, 9.17) is 24.8 Å². The SMILES string of the molecule is CC1c2ccccc2CCN1C(=S)[S-].[Na+]. The number of thiocarbonyl (C=S) groups is 1. The Balaban J connectivity index is 0.00000112. The molecule has 1 atom stereocenters. The molecule has 0 amide bonds. The third-order valence-electron chi connectivity index (χ3n) is 2.83. The first kappa shape index (κ1) is 13.4. The van der Waals surface area contributed by atoms with Crippen molar-refractivity contribution in [2.24, 2.45) is 0 Å². The first-order valence-electron chi connectivity index (χ1n) is 4.75. The summed E-state index contributed by atoms with van der Waals surface area (Å²) in [4.78, 5) is 2.12. The van der Waals surface area contributed by atoms with Crippen molar-refractivity contribution in [1.29, 1.82) is 0 Å². The van der Waals surface area contributed by atoms with Gasteiger partial charge in [0.25, 0.3) is 0 Å². The average molecular weight is 245 g/mol. The van der Waals surface area contributed by atoms with Gasteiger partial charge in [-0.3, -0.25) is 0 Å². The van der Waals surface area contributed by atoms with Gasteiger partial charge in [-0.2, -0.15) is 0 Å². The van der Waals surface area contributed by atoms with Gasteiger partial charge in [-0.05, 0) is 24.5 Å². The van der Waals surface area contributed by atoms with Crippen molar-refractivity contribution in [3.05, 3.63) is 35.4 Å². The smallest absolute Gasteiger partial charge is 0.411 e. The second kappa shape index (κ2) is 5.60. The Morgan fingerprint density at radius 1 is 1.47 bits per heavy atom. The van der Waals surface area contributed by atoms with E-state index in [0.717, 1.165) is 13.0 Å². The molecule has 1 aliphatic heterocycles. The van der Waals surface area contributed by atoms with Crippen LogP contribution < -0.4 is 29.6 Å². The summed E-state index contributed by atoms with van der Waals surface area (Å²) in [5, 5.41) is 0. The van der Waals surface area contributed by atoms with Gasteiger partial charge in [-0.25, -0.2) is 0 Å². The third kappa shape index (κ3) is 2.71. The van der Waals surface area contributed by atoms with Crippen LogP contribution in [0.2, 0.25) is 0 Å². The number of nitrogens with zero attached hydrogens (tertiary/aromatic N) is 1. The largest absolute Gasteiger partial charge is 1.00 e. The zero-order chi connectivity index (χ0) is 10.1. The zero-order valence-electron chi connectivity index (χ0n) is 9.06. The van der Waals surface area contributed by atoms with E-state index < -0.39 is 0 Å². The van der Waals surface area contributed by atoms with E-state index in [1.165, 1.54) is 11.1 Å². The number of benzene rings is 1. The van der Waals surface area contributed by atoms with Crippen LogP contribution >= 0.6 is 12.2 Å². The first-order valence-corrected chi connectivity index (χ1v) is 5.57. The second-order valence-corrected chi connectivity index (χ2v) is 4.62. The Morgan fingerprint density at radius 2 is 2.13 bits per heavy atom. The topological polar surface area (TPSA) is 3.24 Å². The Bertz CT molecular complexity index is 367. The maximum atomic E-state index is 5.06. The molecule has 0 saturated heterocycles. The van der Waals surface area contributed by atoms with Gasteiger partial charge in [0.1, 0.15) is 0 Å². The number of hydrogen-bond donors (Lipinski definition) is 0. The normalized spacial score (nSPS) is 19.0. The van der Waals surface area contributed by atoms with Crippen LogP contribution in [-0.4, -0.2) is 15.8 Å². The fraction of sp³-hybridized carbons (Fsp3) is 0.364. The van der Waals surface area contributed by atoms with Crippen molar-refractivity contribution in [2.45, 2.75) is 19.4 Å². The summed E-state index contributed by atoms with van der Waals surface area (Å²) in [6.45, 7) is 3.12. The molecule has 4 heteroatoms. The molecule has 0 fully saturated rings.